The first-order chi connectivity index (χ1) is 6.29. The molecule has 0 radical (unpaired) electrons. The first-order valence-corrected chi connectivity index (χ1v) is 4.57. The minimum atomic E-state index is -0.280. The Morgan fingerprint density at radius 3 is 2.62 bits per heavy atom. The van der Waals surface area contributed by atoms with Gasteiger partial charge in [-0.2, -0.15) is 0 Å². The van der Waals surface area contributed by atoms with E-state index in [0.29, 0.717) is 12.8 Å². The van der Waals surface area contributed by atoms with Crippen LogP contribution in [-0.2, 0) is 4.79 Å². The topological polar surface area (TPSA) is 17.1 Å². The molecule has 1 nitrogen and oxygen atoms in total. The van der Waals surface area contributed by atoms with Crippen LogP contribution in [0.5, 0.6) is 0 Å². The molecular weight excluding hydrogens is 184 g/mol. The number of carbonyl (C=O) groups excluding carboxylic acids is 1. The molecule has 13 heavy (non-hydrogen) atoms. The molecule has 0 aliphatic carbocycles. The van der Waals surface area contributed by atoms with Crippen molar-refractivity contribution < 1.29 is 4.79 Å². The molecule has 0 amide bonds. The molecule has 0 spiro atoms. The van der Waals surface area contributed by atoms with E-state index in [2.05, 4.69) is 0 Å². The van der Waals surface area contributed by atoms with E-state index in [4.69, 9.17) is 11.6 Å². The summed E-state index contributed by atoms with van der Waals surface area (Å²) in [5.41, 5.74) is 1.14. The average molecular weight is 195 g/mol. The van der Waals surface area contributed by atoms with Gasteiger partial charge in [-0.3, -0.25) is 4.79 Å². The van der Waals surface area contributed by atoms with E-state index in [1.165, 1.54) is 0 Å². The Labute approximate surface area is 83.0 Å². The molecule has 0 saturated heterocycles. The number of hydrogen-bond donors (Lipinski definition) is 0. The maximum atomic E-state index is 10.4. The lowest BCUT2D eigenvalue weighted by atomic mass is 10.2. The summed E-state index contributed by atoms with van der Waals surface area (Å²) in [7, 11) is 0. The van der Waals surface area contributed by atoms with Crippen LogP contribution < -0.4 is 0 Å². The molecule has 0 heterocycles. The van der Waals surface area contributed by atoms with Gasteiger partial charge in [-0.25, -0.2) is 0 Å². The molecule has 2 heteroatoms. The number of rotatable bonds is 4. The van der Waals surface area contributed by atoms with E-state index in [9.17, 15) is 4.79 Å². The maximum absolute atomic E-state index is 10.4. The second-order valence-corrected chi connectivity index (χ2v) is 3.13. The van der Waals surface area contributed by atoms with E-state index in [0.717, 1.165) is 5.56 Å². The number of hydrogen-bond acceptors (Lipinski definition) is 1. The average Bonchev–Trinajstić information content (AvgIpc) is 2.14. The monoisotopic (exact) mass is 194 g/mol. The van der Waals surface area contributed by atoms with Gasteiger partial charge in [0.15, 0.2) is 0 Å². The number of carbonyl (C=O) groups is 1. The first kappa shape index (κ1) is 10.0. The first-order valence-electron chi connectivity index (χ1n) is 4.19. The Hall–Kier alpha value is -1.08. The number of halogens is 1. The Morgan fingerprint density at radius 2 is 2.00 bits per heavy atom. The third kappa shape index (κ3) is 4.48. The van der Waals surface area contributed by atoms with Crippen LogP contribution in [0.1, 0.15) is 18.4 Å². The van der Waals surface area contributed by atoms with Crippen LogP contribution in [0.25, 0.3) is 6.08 Å². The van der Waals surface area contributed by atoms with Gasteiger partial charge in [-0.05, 0) is 23.6 Å². The van der Waals surface area contributed by atoms with Gasteiger partial charge in [0.05, 0.1) is 0 Å². The summed E-state index contributed by atoms with van der Waals surface area (Å²) < 4.78 is 0. The molecule has 0 aliphatic rings. The van der Waals surface area contributed by atoms with Crippen molar-refractivity contribution in [1.29, 1.82) is 0 Å². The molecule has 1 rings (SSSR count). The van der Waals surface area contributed by atoms with Crippen molar-refractivity contribution >= 4 is 22.9 Å². The molecule has 0 atom stereocenters. The smallest absolute Gasteiger partial charge is 0.221 e. The fourth-order valence-corrected chi connectivity index (χ4v) is 1.09. The Kier molecular flexibility index (Phi) is 4.27. The van der Waals surface area contributed by atoms with Crippen LogP contribution in [-0.4, -0.2) is 5.24 Å². The van der Waals surface area contributed by atoms with E-state index in [1.54, 1.807) is 0 Å². The van der Waals surface area contributed by atoms with Crippen molar-refractivity contribution in [3.8, 4) is 0 Å². The summed E-state index contributed by atoms with van der Waals surface area (Å²) >= 11 is 5.19. The molecule has 0 aromatic heterocycles. The molecule has 68 valence electrons. The van der Waals surface area contributed by atoms with Gasteiger partial charge in [0.1, 0.15) is 0 Å². The highest BCUT2D eigenvalue weighted by Gasteiger charge is 1.91. The van der Waals surface area contributed by atoms with Gasteiger partial charge < -0.3 is 0 Å². The summed E-state index contributed by atoms with van der Waals surface area (Å²) in [5.74, 6) is 0. The molecule has 0 saturated carbocycles. The van der Waals surface area contributed by atoms with Crippen molar-refractivity contribution in [1.82, 2.24) is 0 Å². The molecule has 0 aliphatic heterocycles. The quantitative estimate of drug-likeness (QED) is 0.673. The summed E-state index contributed by atoms with van der Waals surface area (Å²) in [6.45, 7) is 0. The van der Waals surface area contributed by atoms with Crippen molar-refractivity contribution in [2.45, 2.75) is 12.8 Å². The van der Waals surface area contributed by atoms with Crippen LogP contribution in [0.4, 0.5) is 0 Å². The van der Waals surface area contributed by atoms with Gasteiger partial charge in [-0.1, -0.05) is 42.5 Å². The molecular formula is C11H11ClO. The van der Waals surface area contributed by atoms with Crippen molar-refractivity contribution in [3.05, 3.63) is 42.0 Å². The molecule has 1 aromatic rings. The summed E-state index contributed by atoms with van der Waals surface area (Å²) in [5, 5.41) is -0.280. The highest BCUT2D eigenvalue weighted by atomic mass is 35.5. The lowest BCUT2D eigenvalue weighted by molar-refractivity contribution is -0.111. The minimum Gasteiger partial charge on any atom is -0.281 e. The van der Waals surface area contributed by atoms with Crippen molar-refractivity contribution in [2.75, 3.05) is 0 Å². The largest absolute Gasteiger partial charge is 0.281 e. The maximum Gasteiger partial charge on any atom is 0.221 e. The lowest BCUT2D eigenvalue weighted by Crippen LogP contribution is -1.82. The molecule has 0 bridgehead atoms. The van der Waals surface area contributed by atoms with E-state index < -0.39 is 0 Å². The highest BCUT2D eigenvalue weighted by molar-refractivity contribution is 6.63. The normalized spacial score (nSPS) is 10.5. The Balaban J connectivity index is 2.37. The SMILES string of the molecule is O=C(Cl)CC/C=C/c1ccccc1. The summed E-state index contributed by atoms with van der Waals surface area (Å²) in [6, 6.07) is 9.95. The minimum absolute atomic E-state index is 0.280. The second kappa shape index (κ2) is 5.55. The van der Waals surface area contributed by atoms with E-state index in [-0.39, 0.29) is 5.24 Å². The zero-order valence-electron chi connectivity index (χ0n) is 7.24. The van der Waals surface area contributed by atoms with Crippen LogP contribution >= 0.6 is 11.6 Å². The van der Waals surface area contributed by atoms with E-state index in [1.807, 2.05) is 42.5 Å². The number of allylic oxidation sites excluding steroid dienone is 1. The predicted molar refractivity (Wildman–Crippen MR) is 55.6 cm³/mol. The van der Waals surface area contributed by atoms with Gasteiger partial charge >= 0.3 is 0 Å². The fraction of sp³-hybridized carbons (Fsp3) is 0.182. The van der Waals surface area contributed by atoms with Crippen LogP contribution in [0.2, 0.25) is 0 Å². The summed E-state index contributed by atoms with van der Waals surface area (Å²) in [6.07, 6.45) is 5.05. The van der Waals surface area contributed by atoms with Crippen molar-refractivity contribution in [3.63, 3.8) is 0 Å². The zero-order valence-corrected chi connectivity index (χ0v) is 8.00. The Morgan fingerprint density at radius 1 is 1.31 bits per heavy atom. The Bertz CT molecular complexity index is 290. The van der Waals surface area contributed by atoms with Gasteiger partial charge in [0, 0.05) is 6.42 Å². The standard InChI is InChI=1S/C11H11ClO/c12-11(13)9-5-4-8-10-6-2-1-3-7-10/h1-4,6-8H,5,9H2/b8-4+. The van der Waals surface area contributed by atoms with Gasteiger partial charge in [0.25, 0.3) is 0 Å². The predicted octanol–water partition coefficient (Wildman–Crippen LogP) is 3.25. The third-order valence-electron chi connectivity index (χ3n) is 1.62. The van der Waals surface area contributed by atoms with Gasteiger partial charge in [-0.15, -0.1) is 0 Å². The molecule has 0 fully saturated rings. The molecule has 0 unspecified atom stereocenters. The fourth-order valence-electron chi connectivity index (χ4n) is 0.980. The third-order valence-corrected chi connectivity index (χ3v) is 1.81. The van der Waals surface area contributed by atoms with E-state index >= 15 is 0 Å². The van der Waals surface area contributed by atoms with Crippen LogP contribution in [0.3, 0.4) is 0 Å². The zero-order chi connectivity index (χ0) is 9.52. The van der Waals surface area contributed by atoms with Crippen LogP contribution in [0, 0.1) is 0 Å². The molecule has 1 aromatic carbocycles. The van der Waals surface area contributed by atoms with Gasteiger partial charge in [0.2, 0.25) is 5.24 Å². The highest BCUT2D eigenvalue weighted by Crippen LogP contribution is 2.03. The number of benzene rings is 1. The lowest BCUT2D eigenvalue weighted by Gasteiger charge is -1.90. The van der Waals surface area contributed by atoms with Crippen molar-refractivity contribution in [2.24, 2.45) is 0 Å². The summed E-state index contributed by atoms with van der Waals surface area (Å²) in [4.78, 5) is 10.4. The van der Waals surface area contributed by atoms with Crippen LogP contribution in [0.15, 0.2) is 36.4 Å². The second-order valence-electron chi connectivity index (χ2n) is 2.71. The molecule has 0 N–H and O–H groups in total.